The summed E-state index contributed by atoms with van der Waals surface area (Å²) in [6, 6.07) is 53.1. The average Bonchev–Trinajstić information content (AvgIpc) is 1.60. The van der Waals surface area contributed by atoms with Crippen LogP contribution >= 0.6 is 195 Å². The maximum Gasteiger partial charge on any atom is 1.00 e. The minimum Gasteiger partial charge on any atom is -0.870 e. The molecule has 0 atom stereocenters. The molecule has 42 heteroatoms. The van der Waals surface area contributed by atoms with Crippen molar-refractivity contribution in [3.8, 4) is 17.1 Å². The standard InChI is InChI=1S/C23H21Cl2N3O2S.C21H17Cl2N3O2S.C14H13Cl2N3.C9H10O2S.C8H5Cl2N.C8H6ClNO.C6H9BrN2.5CH4.B.Cl3OP.Li.2H2O/c1-3-10-27-14-17(13-26-27)28-20-12-16(24)8-9-19(20)21(22(28)25)31-18-7-5-6-15(11-18)23(29)30-4-2;1-2-8-25-12-15(11-24-25)26-18-10-14(22)6-7-17(18)19(20(26)23)29-16-5-3-4-13(9-16)21(27)28;1-2-5-18-9-12(8-17-18)19-13-7-11(15)4-3-10(13)6-14(19)16;1-2-11-9(10)7-4-3-5-8(12)6-7;9-6-2-1-5-3-8(10)11-7(5)4-6;9-6-2-1-5-3-8(11)10-7(5)4-6;1-2-3-9-5-6(7)4-8-9;;;;;;;1-5(2,3)4;;;/h5-9,11-14H,3-4,10H2,1-2H3;3-7,9-12H,2,8H2,1H3,(H,27,28);3-4,6-9H,2,5H2,1H3;3-6,12H,2H2,1H3;1-4,11H;1-2,4H,3H2,(H,10,11);4-5H,2-3H2,1H3;5*1H4;;;;2*1H2/q;;;;;;;;;;;;;;+1;;/p-1. The number of hydrogen-bond donors (Lipinski definition) is 4. The maximum atomic E-state index is 12.1. The summed E-state index contributed by atoms with van der Waals surface area (Å²) in [5.41, 5.74) is 9.58. The van der Waals surface area contributed by atoms with E-state index in [1.807, 2.05) is 185 Å². The number of nitrogens with one attached hydrogen (secondary N) is 2. The fourth-order valence-corrected chi connectivity index (χ4v) is 17.4. The smallest absolute Gasteiger partial charge is 0.870 e. The number of rotatable bonds is 20. The molecule has 8 aromatic carbocycles. The summed E-state index contributed by atoms with van der Waals surface area (Å²) in [5, 5.41) is 35.8. The van der Waals surface area contributed by atoms with Gasteiger partial charge in [-0.05, 0) is 222 Å². The molecule has 17 rings (SSSR count). The zero-order valence-corrected chi connectivity index (χ0v) is 85.1. The van der Waals surface area contributed by atoms with Crippen molar-refractivity contribution in [3.05, 3.63) is 298 Å². The number of fused-ring (bicyclic) bond motifs is 5. The van der Waals surface area contributed by atoms with E-state index < -0.39 is 11.2 Å². The van der Waals surface area contributed by atoms with Crippen molar-refractivity contribution in [2.45, 2.75) is 161 Å². The monoisotopic (exact) mass is 2220 g/mol. The number of nitrogens with zero attached hydrogens (tertiary/aromatic N) is 11. The molecule has 3 radical (unpaired) electrons. The minimum atomic E-state index is -3.22. The van der Waals surface area contributed by atoms with Gasteiger partial charge in [-0.3, -0.25) is 41.8 Å². The van der Waals surface area contributed by atoms with E-state index in [4.69, 9.17) is 114 Å². The van der Waals surface area contributed by atoms with Gasteiger partial charge in [-0.2, -0.15) is 20.4 Å². The quantitative estimate of drug-likeness (QED) is 0.0239. The number of amides is 1. The van der Waals surface area contributed by atoms with Gasteiger partial charge in [0.05, 0.1) is 109 Å². The van der Waals surface area contributed by atoms with Gasteiger partial charge >= 0.3 is 42.0 Å². The van der Waals surface area contributed by atoms with Crippen LogP contribution in [0.3, 0.4) is 0 Å². The number of anilines is 1. The summed E-state index contributed by atoms with van der Waals surface area (Å²) in [6.07, 6.45) is 19.7. The predicted molar refractivity (Wildman–Crippen MR) is 574 cm³/mol. The number of benzene rings is 8. The van der Waals surface area contributed by atoms with Crippen molar-refractivity contribution < 1.29 is 68.1 Å². The van der Waals surface area contributed by atoms with E-state index in [-0.39, 0.29) is 98.8 Å². The average molecular weight is 2230 g/mol. The van der Waals surface area contributed by atoms with Crippen LogP contribution in [0.1, 0.15) is 141 Å². The molecule has 1 aliphatic heterocycles. The van der Waals surface area contributed by atoms with E-state index in [2.05, 4.69) is 121 Å². The molecule has 0 saturated heterocycles. The van der Waals surface area contributed by atoms with Gasteiger partial charge in [0.25, 0.3) is 0 Å². The molecule has 0 bridgehead atoms. The van der Waals surface area contributed by atoms with Crippen molar-refractivity contribution >= 4 is 277 Å². The second-order valence-electron chi connectivity index (χ2n) is 27.4. The first-order valence-electron chi connectivity index (χ1n) is 39.1. The molecule has 16 aromatic rings. The second kappa shape index (κ2) is 61.2. The molecule has 0 fully saturated rings. The Kier molecular flexibility index (Phi) is 56.9. The van der Waals surface area contributed by atoms with Gasteiger partial charge < -0.3 is 35.8 Å². The van der Waals surface area contributed by atoms with Gasteiger partial charge in [0, 0.05) is 132 Å². The van der Waals surface area contributed by atoms with Crippen LogP contribution in [0.2, 0.25) is 45.7 Å². The Labute approximate surface area is 889 Å². The first-order chi connectivity index (χ1) is 60.7. The van der Waals surface area contributed by atoms with E-state index in [1.165, 1.54) is 23.5 Å². The molecule has 0 aliphatic carbocycles. The Morgan fingerprint density at radius 1 is 0.493 bits per heavy atom. The normalized spacial score (nSPS) is 10.5. The van der Waals surface area contributed by atoms with Crippen LogP contribution in [0.5, 0.6) is 0 Å². The largest absolute Gasteiger partial charge is 1.00 e. The number of aromatic nitrogens is 12. The minimum absolute atomic E-state index is 0. The molecule has 0 spiro atoms. The van der Waals surface area contributed by atoms with E-state index in [0.717, 1.165) is 158 Å². The zero-order chi connectivity index (χ0) is 91.8. The van der Waals surface area contributed by atoms with Crippen LogP contribution in [0.4, 0.5) is 5.69 Å². The van der Waals surface area contributed by atoms with Crippen LogP contribution in [0, 0.1) is 0 Å². The SMILES string of the molecule is C.C.C.C.C.CCCn1cc(-n2c(Cl)c(Sc3cccc(C(=O)O)c3)c3ccc(Cl)cc32)cn1.CCCn1cc(-n2c(Cl)c(Sc3cccc(C(=O)OCC)c3)c3ccc(Cl)cc32)cn1.CCCn1cc(-n2c(Cl)cc3ccc(Cl)cc32)cn1.CCCn1cc(Br)cn1.CCOC(=O)c1cccc(S)c1.Clc1ccc2cc(Cl)[nH]c2c1.O.O=C1Cc2ccc(Cl)cc2N1.O=P(Cl)(Cl)Cl.[B].[Li+].[OH-]. The summed E-state index contributed by atoms with van der Waals surface area (Å²) >= 11 is 80.1. The van der Waals surface area contributed by atoms with Gasteiger partial charge in [0.2, 0.25) is 5.91 Å². The fraction of sp³-hybridized carbons (Fsp3) is 0.234. The zero-order valence-electron chi connectivity index (χ0n) is 71.0. The van der Waals surface area contributed by atoms with Gasteiger partial charge in [-0.25, -0.2) is 14.4 Å². The fourth-order valence-electron chi connectivity index (χ4n) is 12.6. The number of carboxylic acids is 1. The van der Waals surface area contributed by atoms with Crippen molar-refractivity contribution in [2.75, 3.05) is 18.5 Å². The number of carboxylic acid groups (broad SMARTS) is 1. The molecule has 9 heterocycles. The van der Waals surface area contributed by atoms with Crippen LogP contribution < -0.4 is 24.2 Å². The molecule has 723 valence electrons. The molecule has 23 nitrogen and oxygen atoms in total. The Balaban J connectivity index is 0.000000811. The van der Waals surface area contributed by atoms with E-state index in [0.29, 0.717) is 71.5 Å². The number of halogens is 13. The Morgan fingerprint density at radius 3 is 1.32 bits per heavy atom. The summed E-state index contributed by atoms with van der Waals surface area (Å²) in [7, 11) is 0. The summed E-state index contributed by atoms with van der Waals surface area (Å²) in [6.45, 7) is 16.3. The molecule has 1 aliphatic rings. The number of aromatic amines is 1. The van der Waals surface area contributed by atoms with Crippen molar-refractivity contribution in [2.24, 2.45) is 0 Å². The molecule has 0 unspecified atom stereocenters. The van der Waals surface area contributed by atoms with Gasteiger partial charge in [-0.15, -0.1) is 12.6 Å². The number of aromatic carboxylic acids is 1. The third kappa shape index (κ3) is 36.5. The topological polar surface area (TPSA) is 299 Å². The molecule has 8 aromatic heterocycles. The number of aryl methyl sites for hydroxylation is 4. The number of carbonyl (C=O) groups excluding carboxylic acids is 3. The van der Waals surface area contributed by atoms with Crippen LogP contribution in [-0.4, -0.2) is 119 Å². The summed E-state index contributed by atoms with van der Waals surface area (Å²) in [5.74, 6) is -1.56. The van der Waals surface area contributed by atoms with Crippen molar-refractivity contribution in [1.82, 2.24) is 57.8 Å². The summed E-state index contributed by atoms with van der Waals surface area (Å²) < 4.78 is 34.0. The third-order valence-corrected chi connectivity index (χ3v) is 23.4. The van der Waals surface area contributed by atoms with Crippen LogP contribution in [0.15, 0.2) is 254 Å². The molecule has 0 saturated carbocycles. The van der Waals surface area contributed by atoms with Crippen molar-refractivity contribution in [3.63, 3.8) is 0 Å². The molecule has 6 N–H and O–H groups in total. The van der Waals surface area contributed by atoms with Crippen LogP contribution in [-0.2, 0) is 51.4 Å². The molecule has 136 heavy (non-hydrogen) atoms. The second-order valence-corrected chi connectivity index (χ2v) is 41.3. The number of hydrogen-bond acceptors (Lipinski definition) is 15. The Morgan fingerprint density at radius 2 is 0.882 bits per heavy atom. The van der Waals surface area contributed by atoms with E-state index in [1.54, 1.807) is 87.0 Å². The number of ether oxygens (including phenoxy) is 2. The van der Waals surface area contributed by atoms with Gasteiger partial charge in [-0.1, -0.05) is 241 Å². The van der Waals surface area contributed by atoms with E-state index in [9.17, 15) is 28.8 Å². The van der Waals surface area contributed by atoms with Crippen molar-refractivity contribution in [1.29, 1.82) is 0 Å². The Hall–Kier alpha value is -7.54. The number of carbonyl (C=O) groups is 4. The molecular weight excluding hydrogens is 2120 g/mol. The maximum absolute atomic E-state index is 12.1. The summed E-state index contributed by atoms with van der Waals surface area (Å²) in [4.78, 5) is 52.6. The first kappa shape index (κ1) is 126. The number of thiol groups is 1. The van der Waals surface area contributed by atoms with E-state index >= 15 is 0 Å². The molecular formula is C94H104BBrCl12LiN13O10PS3. The predicted octanol–water partition coefficient (Wildman–Crippen LogP) is 28.9. The third-order valence-electron chi connectivity index (χ3n) is 17.9. The number of H-pyrrole nitrogens is 1. The van der Waals surface area contributed by atoms with Gasteiger partial charge in [0.15, 0.2) is 0 Å². The van der Waals surface area contributed by atoms with Gasteiger partial charge in [0.1, 0.15) is 20.6 Å². The first-order valence-corrected chi connectivity index (χ1v) is 49.8. The molecule has 1 amide bonds. The Bertz CT molecular complexity index is 6590. The van der Waals surface area contributed by atoms with Crippen LogP contribution in [0.25, 0.3) is 60.7 Å². The number of esters is 2.